The smallest absolute Gasteiger partial charge is 0.227 e. The molecule has 0 aromatic heterocycles. The molecular weight excluding hydrogens is 324 g/mol. The van der Waals surface area contributed by atoms with Gasteiger partial charge in [0.15, 0.2) is 6.19 Å². The fourth-order valence-electron chi connectivity index (χ4n) is 3.86. The van der Waals surface area contributed by atoms with Crippen molar-refractivity contribution in [2.24, 2.45) is 5.92 Å². The van der Waals surface area contributed by atoms with Crippen molar-refractivity contribution in [3.05, 3.63) is 53.6 Å². The molecule has 0 unspecified atom stereocenters. The van der Waals surface area contributed by atoms with Crippen molar-refractivity contribution in [2.45, 2.75) is 25.9 Å². The third-order valence-electron chi connectivity index (χ3n) is 5.26. The third-order valence-corrected chi connectivity index (χ3v) is 5.26. The summed E-state index contributed by atoms with van der Waals surface area (Å²) in [5.41, 5.74) is 5.33. The summed E-state index contributed by atoms with van der Waals surface area (Å²) < 4.78 is 0. The molecule has 5 nitrogen and oxygen atoms in total. The van der Waals surface area contributed by atoms with Crippen molar-refractivity contribution in [3.63, 3.8) is 0 Å². The standard InChI is InChI=1S/C21H22N4O/c22-14-25-12-17-10-18(24-21(26)16-6-8-23-9-7-16)11-19(20(17)13-25)15-4-2-1-3-5-15/h1-5,10-11,16,23H,6-9,12-13H2,(H,24,26). The van der Waals surface area contributed by atoms with E-state index in [0.717, 1.165) is 48.3 Å². The van der Waals surface area contributed by atoms with Gasteiger partial charge in [-0.1, -0.05) is 30.3 Å². The minimum Gasteiger partial charge on any atom is -0.326 e. The molecule has 1 amide bonds. The van der Waals surface area contributed by atoms with Gasteiger partial charge in [0.1, 0.15) is 0 Å². The normalized spacial score (nSPS) is 16.8. The van der Waals surface area contributed by atoms with E-state index in [-0.39, 0.29) is 11.8 Å². The molecule has 1 fully saturated rings. The van der Waals surface area contributed by atoms with Gasteiger partial charge in [-0.25, -0.2) is 0 Å². The second-order valence-electron chi connectivity index (χ2n) is 7.00. The predicted molar refractivity (Wildman–Crippen MR) is 101 cm³/mol. The van der Waals surface area contributed by atoms with Crippen LogP contribution in [0.2, 0.25) is 0 Å². The monoisotopic (exact) mass is 346 g/mol. The fraction of sp³-hybridized carbons (Fsp3) is 0.333. The van der Waals surface area contributed by atoms with Crippen LogP contribution in [0.3, 0.4) is 0 Å². The lowest BCUT2D eigenvalue weighted by atomic mass is 9.95. The number of anilines is 1. The first-order valence-corrected chi connectivity index (χ1v) is 9.12. The molecule has 26 heavy (non-hydrogen) atoms. The number of nitrogens with one attached hydrogen (secondary N) is 2. The summed E-state index contributed by atoms with van der Waals surface area (Å²) in [7, 11) is 0. The number of benzene rings is 2. The molecule has 5 heteroatoms. The molecule has 0 bridgehead atoms. The maximum atomic E-state index is 12.6. The lowest BCUT2D eigenvalue weighted by Gasteiger charge is -2.22. The average molecular weight is 346 g/mol. The van der Waals surface area contributed by atoms with Gasteiger partial charge >= 0.3 is 0 Å². The highest BCUT2D eigenvalue weighted by molar-refractivity contribution is 5.93. The van der Waals surface area contributed by atoms with Crippen LogP contribution in [0.15, 0.2) is 42.5 Å². The van der Waals surface area contributed by atoms with E-state index in [1.807, 2.05) is 30.3 Å². The molecule has 2 aromatic carbocycles. The van der Waals surface area contributed by atoms with Crippen molar-refractivity contribution in [1.29, 1.82) is 5.26 Å². The van der Waals surface area contributed by atoms with Gasteiger partial charge < -0.3 is 15.5 Å². The van der Waals surface area contributed by atoms with Crippen LogP contribution in [0.4, 0.5) is 5.69 Å². The number of carbonyl (C=O) groups is 1. The Labute approximate surface area is 153 Å². The molecule has 132 valence electrons. The molecule has 0 aliphatic carbocycles. The van der Waals surface area contributed by atoms with Crippen molar-refractivity contribution in [2.75, 3.05) is 18.4 Å². The maximum absolute atomic E-state index is 12.6. The summed E-state index contributed by atoms with van der Waals surface area (Å²) in [6.07, 6.45) is 4.00. The summed E-state index contributed by atoms with van der Waals surface area (Å²) in [6.45, 7) is 3.02. The van der Waals surface area contributed by atoms with Crippen LogP contribution >= 0.6 is 0 Å². The quantitative estimate of drug-likeness (QED) is 0.838. The van der Waals surface area contributed by atoms with Gasteiger partial charge in [0.05, 0.1) is 13.1 Å². The number of rotatable bonds is 3. The number of carbonyl (C=O) groups excluding carboxylic acids is 1. The minimum absolute atomic E-state index is 0.0697. The summed E-state index contributed by atoms with van der Waals surface area (Å²) >= 11 is 0. The highest BCUT2D eigenvalue weighted by Gasteiger charge is 2.25. The Bertz CT molecular complexity index is 850. The van der Waals surface area contributed by atoms with Crippen molar-refractivity contribution in [1.82, 2.24) is 10.2 Å². The molecule has 2 N–H and O–H groups in total. The SMILES string of the molecule is N#CN1Cc2cc(NC(=O)C3CCNCC3)cc(-c3ccccc3)c2C1. The molecule has 2 aliphatic heterocycles. The molecule has 0 radical (unpaired) electrons. The zero-order valence-electron chi connectivity index (χ0n) is 14.7. The first-order valence-electron chi connectivity index (χ1n) is 9.12. The molecule has 2 aliphatic rings. The minimum atomic E-state index is 0.0697. The Morgan fingerprint density at radius 3 is 2.65 bits per heavy atom. The first kappa shape index (κ1) is 16.6. The van der Waals surface area contributed by atoms with E-state index >= 15 is 0 Å². The highest BCUT2D eigenvalue weighted by atomic mass is 16.1. The van der Waals surface area contributed by atoms with Gasteiger partial charge in [0, 0.05) is 11.6 Å². The fourth-order valence-corrected chi connectivity index (χ4v) is 3.86. The molecule has 0 saturated carbocycles. The van der Waals surface area contributed by atoms with Crippen LogP contribution in [-0.2, 0) is 17.9 Å². The predicted octanol–water partition coefficient (Wildman–Crippen LogP) is 3.09. The largest absolute Gasteiger partial charge is 0.326 e. The van der Waals surface area contributed by atoms with Crippen LogP contribution in [0.1, 0.15) is 24.0 Å². The van der Waals surface area contributed by atoms with Gasteiger partial charge in [-0.05, 0) is 60.3 Å². The third kappa shape index (κ3) is 3.29. The Balaban J connectivity index is 1.66. The van der Waals surface area contributed by atoms with E-state index in [4.69, 9.17) is 0 Å². The summed E-state index contributed by atoms with van der Waals surface area (Å²) in [4.78, 5) is 14.4. The maximum Gasteiger partial charge on any atom is 0.227 e. The van der Waals surface area contributed by atoms with Gasteiger partial charge in [-0.2, -0.15) is 5.26 Å². The van der Waals surface area contributed by atoms with Crippen LogP contribution < -0.4 is 10.6 Å². The molecule has 4 rings (SSSR count). The van der Waals surface area contributed by atoms with E-state index < -0.39 is 0 Å². The molecule has 0 spiro atoms. The summed E-state index contributed by atoms with van der Waals surface area (Å²) in [5.74, 6) is 0.167. The first-order chi connectivity index (χ1) is 12.7. The van der Waals surface area contributed by atoms with Crippen molar-refractivity contribution < 1.29 is 4.79 Å². The number of nitrogens with zero attached hydrogens (tertiary/aromatic N) is 2. The molecule has 0 atom stereocenters. The highest BCUT2D eigenvalue weighted by Crippen LogP contribution is 2.35. The summed E-state index contributed by atoms with van der Waals surface area (Å²) in [6, 6.07) is 14.2. The molecular formula is C21H22N4O. The molecule has 2 heterocycles. The van der Waals surface area contributed by atoms with E-state index in [0.29, 0.717) is 13.1 Å². The average Bonchev–Trinajstić information content (AvgIpc) is 3.12. The molecule has 2 aromatic rings. The second-order valence-corrected chi connectivity index (χ2v) is 7.00. The van der Waals surface area contributed by atoms with Gasteiger partial charge in [-0.3, -0.25) is 4.79 Å². The van der Waals surface area contributed by atoms with E-state index in [9.17, 15) is 10.1 Å². The van der Waals surface area contributed by atoms with Crippen LogP contribution in [-0.4, -0.2) is 23.9 Å². The van der Waals surface area contributed by atoms with Gasteiger partial charge in [0.2, 0.25) is 5.91 Å². The van der Waals surface area contributed by atoms with E-state index in [2.05, 4.69) is 29.0 Å². The number of amides is 1. The van der Waals surface area contributed by atoms with Crippen molar-refractivity contribution in [3.8, 4) is 17.3 Å². The van der Waals surface area contributed by atoms with Gasteiger partial charge in [0.25, 0.3) is 0 Å². The lowest BCUT2D eigenvalue weighted by molar-refractivity contribution is -0.120. The lowest BCUT2D eigenvalue weighted by Crippen LogP contribution is -2.34. The van der Waals surface area contributed by atoms with Crippen LogP contribution in [0.5, 0.6) is 0 Å². The number of nitriles is 1. The van der Waals surface area contributed by atoms with Gasteiger partial charge in [-0.15, -0.1) is 0 Å². The number of hydrogen-bond donors (Lipinski definition) is 2. The zero-order chi connectivity index (χ0) is 17.9. The Hall–Kier alpha value is -2.84. The second kappa shape index (κ2) is 7.19. The topological polar surface area (TPSA) is 68.2 Å². The Morgan fingerprint density at radius 2 is 1.92 bits per heavy atom. The molecule has 1 saturated heterocycles. The van der Waals surface area contributed by atoms with E-state index in [1.54, 1.807) is 4.90 Å². The van der Waals surface area contributed by atoms with Crippen molar-refractivity contribution >= 4 is 11.6 Å². The number of piperidine rings is 1. The van der Waals surface area contributed by atoms with Crippen LogP contribution in [0.25, 0.3) is 11.1 Å². The van der Waals surface area contributed by atoms with Crippen LogP contribution in [0, 0.1) is 17.4 Å². The number of fused-ring (bicyclic) bond motifs is 1. The van der Waals surface area contributed by atoms with E-state index in [1.165, 1.54) is 5.56 Å². The number of hydrogen-bond acceptors (Lipinski definition) is 4. The summed E-state index contributed by atoms with van der Waals surface area (Å²) in [5, 5.41) is 15.7. The Morgan fingerprint density at radius 1 is 1.15 bits per heavy atom. The Kier molecular flexibility index (Phi) is 4.59. The zero-order valence-corrected chi connectivity index (χ0v) is 14.7.